The summed E-state index contributed by atoms with van der Waals surface area (Å²) in [6, 6.07) is 10.3. The number of anilines is 1. The molecule has 1 atom stereocenters. The average Bonchev–Trinajstić information content (AvgIpc) is 3.10. The monoisotopic (exact) mass is 348 g/mol. The van der Waals surface area contributed by atoms with E-state index >= 15 is 0 Å². The number of thiophene rings is 1. The minimum Gasteiger partial charge on any atom is -0.494 e. The van der Waals surface area contributed by atoms with Gasteiger partial charge in [-0.2, -0.15) is 0 Å². The first-order valence-electron chi connectivity index (χ1n) is 7.51. The number of carbonyl (C=O) groups excluding carboxylic acids is 2. The largest absolute Gasteiger partial charge is 0.494 e. The normalized spacial score (nSPS) is 13.0. The van der Waals surface area contributed by atoms with Gasteiger partial charge in [0.25, 0.3) is 0 Å². The van der Waals surface area contributed by atoms with E-state index in [4.69, 9.17) is 4.74 Å². The van der Waals surface area contributed by atoms with Crippen LogP contribution in [0.1, 0.15) is 18.7 Å². The molecule has 0 aliphatic heterocycles. The lowest BCUT2D eigenvalue weighted by Crippen LogP contribution is -2.42. The molecule has 7 heteroatoms. The predicted octanol–water partition coefficient (Wildman–Crippen LogP) is 2.11. The smallest absolute Gasteiger partial charge is 0.313 e. The summed E-state index contributed by atoms with van der Waals surface area (Å²) in [6.07, 6.45) is 0. The maximum atomic E-state index is 11.9. The van der Waals surface area contributed by atoms with Crippen LogP contribution < -0.4 is 15.4 Å². The van der Waals surface area contributed by atoms with Crippen molar-refractivity contribution in [1.82, 2.24) is 5.32 Å². The van der Waals surface area contributed by atoms with Crippen LogP contribution in [-0.2, 0) is 15.2 Å². The maximum Gasteiger partial charge on any atom is 0.313 e. The van der Waals surface area contributed by atoms with Crippen molar-refractivity contribution in [3.8, 4) is 5.75 Å². The minimum atomic E-state index is -1.22. The predicted molar refractivity (Wildman–Crippen MR) is 93.1 cm³/mol. The molecule has 0 bridgehead atoms. The highest BCUT2D eigenvalue weighted by atomic mass is 32.1. The zero-order valence-corrected chi connectivity index (χ0v) is 14.4. The van der Waals surface area contributed by atoms with Crippen molar-refractivity contribution in [2.75, 3.05) is 18.5 Å². The summed E-state index contributed by atoms with van der Waals surface area (Å²) in [5, 5.41) is 17.1. The molecule has 6 nitrogen and oxygen atoms in total. The number of hydrogen-bond acceptors (Lipinski definition) is 5. The molecule has 0 fully saturated rings. The van der Waals surface area contributed by atoms with Gasteiger partial charge < -0.3 is 20.5 Å². The first-order valence-corrected chi connectivity index (χ1v) is 8.39. The summed E-state index contributed by atoms with van der Waals surface area (Å²) in [7, 11) is 0. The van der Waals surface area contributed by atoms with Crippen molar-refractivity contribution in [3.05, 3.63) is 46.7 Å². The Balaban J connectivity index is 1.87. The molecular weight excluding hydrogens is 328 g/mol. The summed E-state index contributed by atoms with van der Waals surface area (Å²) in [5.74, 6) is -0.909. The van der Waals surface area contributed by atoms with Gasteiger partial charge in [-0.25, -0.2) is 0 Å². The third-order valence-electron chi connectivity index (χ3n) is 3.27. The number of rotatable bonds is 6. The molecule has 0 aliphatic carbocycles. The van der Waals surface area contributed by atoms with Gasteiger partial charge >= 0.3 is 11.8 Å². The van der Waals surface area contributed by atoms with Gasteiger partial charge in [0, 0.05) is 10.6 Å². The van der Waals surface area contributed by atoms with Crippen molar-refractivity contribution in [2.45, 2.75) is 19.4 Å². The van der Waals surface area contributed by atoms with Crippen LogP contribution in [0.25, 0.3) is 0 Å². The van der Waals surface area contributed by atoms with Crippen LogP contribution in [0.15, 0.2) is 41.8 Å². The number of amides is 2. The Labute approximate surface area is 144 Å². The van der Waals surface area contributed by atoms with Gasteiger partial charge in [0.2, 0.25) is 0 Å². The Bertz CT molecular complexity index is 681. The molecule has 0 unspecified atom stereocenters. The third-order valence-corrected chi connectivity index (χ3v) is 4.40. The fourth-order valence-corrected chi connectivity index (χ4v) is 2.78. The maximum absolute atomic E-state index is 11.9. The molecule has 2 rings (SSSR count). The summed E-state index contributed by atoms with van der Waals surface area (Å²) in [5.41, 5.74) is -0.730. The molecule has 128 valence electrons. The summed E-state index contributed by atoms with van der Waals surface area (Å²) in [4.78, 5) is 24.5. The SMILES string of the molecule is CCOc1ccc(NC(=O)C(=O)NC[C@@](C)(O)c2cccs2)cc1. The number of carbonyl (C=O) groups is 2. The van der Waals surface area contributed by atoms with Gasteiger partial charge in [-0.05, 0) is 49.6 Å². The summed E-state index contributed by atoms with van der Waals surface area (Å²) < 4.78 is 5.31. The average molecular weight is 348 g/mol. The van der Waals surface area contributed by atoms with E-state index in [1.54, 1.807) is 37.3 Å². The second-order valence-corrected chi connectivity index (χ2v) is 6.29. The number of hydrogen-bond donors (Lipinski definition) is 3. The van der Waals surface area contributed by atoms with Gasteiger partial charge in [-0.1, -0.05) is 6.07 Å². The van der Waals surface area contributed by atoms with Crippen LogP contribution in [0.3, 0.4) is 0 Å². The third kappa shape index (κ3) is 4.81. The molecule has 3 N–H and O–H groups in total. The van der Waals surface area contributed by atoms with E-state index in [1.165, 1.54) is 11.3 Å². The van der Waals surface area contributed by atoms with E-state index in [0.717, 1.165) is 4.88 Å². The number of benzene rings is 1. The van der Waals surface area contributed by atoms with Gasteiger partial charge in [0.15, 0.2) is 0 Å². The molecule has 2 amide bonds. The number of ether oxygens (including phenoxy) is 1. The van der Waals surface area contributed by atoms with E-state index in [9.17, 15) is 14.7 Å². The standard InChI is InChI=1S/C17H20N2O4S/c1-3-23-13-8-6-12(7-9-13)19-16(21)15(20)18-11-17(2,22)14-5-4-10-24-14/h4-10,22H,3,11H2,1-2H3,(H,18,20)(H,19,21)/t17-/m1/s1. The zero-order valence-electron chi connectivity index (χ0n) is 13.5. The quantitative estimate of drug-likeness (QED) is 0.698. The highest BCUT2D eigenvalue weighted by molar-refractivity contribution is 7.10. The lowest BCUT2D eigenvalue weighted by Gasteiger charge is -2.22. The van der Waals surface area contributed by atoms with Gasteiger partial charge in [-0.15, -0.1) is 11.3 Å². The first-order chi connectivity index (χ1) is 11.4. The molecule has 1 heterocycles. The van der Waals surface area contributed by atoms with Gasteiger partial charge in [0.1, 0.15) is 11.4 Å². The first kappa shape index (κ1) is 18.0. The van der Waals surface area contributed by atoms with Crippen LogP contribution in [-0.4, -0.2) is 30.1 Å². The van der Waals surface area contributed by atoms with Gasteiger partial charge in [-0.3, -0.25) is 9.59 Å². The summed E-state index contributed by atoms with van der Waals surface area (Å²) in [6.45, 7) is 3.97. The summed E-state index contributed by atoms with van der Waals surface area (Å²) >= 11 is 1.38. The van der Waals surface area contributed by atoms with Crippen molar-refractivity contribution >= 4 is 28.8 Å². The lowest BCUT2D eigenvalue weighted by atomic mass is 10.1. The fourth-order valence-electron chi connectivity index (χ4n) is 1.99. The number of aliphatic hydroxyl groups is 1. The van der Waals surface area contributed by atoms with Crippen LogP contribution in [0.5, 0.6) is 5.75 Å². The Hall–Kier alpha value is -2.38. The Morgan fingerprint density at radius 1 is 1.21 bits per heavy atom. The van der Waals surface area contributed by atoms with Crippen LogP contribution in [0.2, 0.25) is 0 Å². The minimum absolute atomic E-state index is 0.0525. The zero-order chi connectivity index (χ0) is 17.6. The van der Waals surface area contributed by atoms with Crippen molar-refractivity contribution in [1.29, 1.82) is 0 Å². The van der Waals surface area contributed by atoms with Crippen molar-refractivity contribution in [2.24, 2.45) is 0 Å². The highest BCUT2D eigenvalue weighted by Gasteiger charge is 2.26. The Morgan fingerprint density at radius 3 is 2.50 bits per heavy atom. The van der Waals surface area contributed by atoms with Crippen LogP contribution in [0, 0.1) is 0 Å². The molecule has 0 saturated heterocycles. The fraction of sp³-hybridized carbons (Fsp3) is 0.294. The Morgan fingerprint density at radius 2 is 1.92 bits per heavy atom. The molecule has 1 aromatic heterocycles. The van der Waals surface area contributed by atoms with E-state index in [1.807, 2.05) is 18.4 Å². The second kappa shape index (κ2) is 7.94. The Kier molecular flexibility index (Phi) is 5.94. The van der Waals surface area contributed by atoms with Crippen LogP contribution >= 0.6 is 11.3 Å². The molecule has 2 aromatic rings. The molecule has 0 radical (unpaired) electrons. The topological polar surface area (TPSA) is 87.7 Å². The van der Waals surface area contributed by atoms with E-state index in [2.05, 4.69) is 10.6 Å². The van der Waals surface area contributed by atoms with E-state index in [0.29, 0.717) is 18.0 Å². The van der Waals surface area contributed by atoms with Crippen molar-refractivity contribution in [3.63, 3.8) is 0 Å². The highest BCUT2D eigenvalue weighted by Crippen LogP contribution is 2.24. The molecule has 1 aromatic carbocycles. The van der Waals surface area contributed by atoms with Crippen molar-refractivity contribution < 1.29 is 19.4 Å². The molecule has 0 aliphatic rings. The molecule has 24 heavy (non-hydrogen) atoms. The molecule has 0 saturated carbocycles. The second-order valence-electron chi connectivity index (χ2n) is 5.35. The lowest BCUT2D eigenvalue weighted by molar-refractivity contribution is -0.136. The molecule has 0 spiro atoms. The number of nitrogens with one attached hydrogen (secondary N) is 2. The van der Waals surface area contributed by atoms with Gasteiger partial charge in [0.05, 0.1) is 13.2 Å². The molecular formula is C17H20N2O4S. The van der Waals surface area contributed by atoms with Crippen LogP contribution in [0.4, 0.5) is 5.69 Å². The van der Waals surface area contributed by atoms with E-state index < -0.39 is 17.4 Å². The van der Waals surface area contributed by atoms with E-state index in [-0.39, 0.29) is 6.54 Å².